The number of carbonyl (C=O) groups is 1. The normalized spacial score (nSPS) is 21.8. The molecule has 3 N–H and O–H groups in total. The second-order valence-electron chi connectivity index (χ2n) is 5.52. The van der Waals surface area contributed by atoms with Gasteiger partial charge >= 0.3 is 0 Å². The fourth-order valence-electron chi connectivity index (χ4n) is 2.85. The van der Waals surface area contributed by atoms with Crippen molar-refractivity contribution >= 4 is 28.4 Å². The van der Waals surface area contributed by atoms with Gasteiger partial charge in [-0.05, 0) is 36.2 Å². The Kier molecular flexibility index (Phi) is 3.09. The van der Waals surface area contributed by atoms with Crippen LogP contribution in [0.15, 0.2) is 47.6 Å². The molecule has 0 aromatic heterocycles. The molecule has 23 heavy (non-hydrogen) atoms. The fraction of sp³-hybridized carbons (Fsp3) is 0.176. The largest absolute Gasteiger partial charge is 0.507 e. The maximum absolute atomic E-state index is 12.6. The molecule has 4 rings (SSSR count). The van der Waals surface area contributed by atoms with Crippen LogP contribution in [-0.4, -0.2) is 16.1 Å². The number of aromatic hydroxyl groups is 1. The molecule has 0 unspecified atom stereocenters. The molecule has 1 amide bonds. The summed E-state index contributed by atoms with van der Waals surface area (Å²) >= 11 is 1.32. The van der Waals surface area contributed by atoms with Gasteiger partial charge in [0, 0.05) is 11.3 Å². The van der Waals surface area contributed by atoms with E-state index in [0.29, 0.717) is 10.6 Å². The van der Waals surface area contributed by atoms with E-state index in [1.807, 2.05) is 24.3 Å². The highest BCUT2D eigenvalue weighted by atomic mass is 32.2. The van der Waals surface area contributed by atoms with Crippen molar-refractivity contribution in [1.29, 1.82) is 0 Å². The molecule has 2 aromatic rings. The zero-order valence-corrected chi connectivity index (χ0v) is 13.3. The molecule has 0 saturated carbocycles. The molecule has 2 aliphatic heterocycles. The summed E-state index contributed by atoms with van der Waals surface area (Å²) in [4.78, 5) is 11.6. The first-order valence-electron chi connectivity index (χ1n) is 7.41. The van der Waals surface area contributed by atoms with Crippen LogP contribution in [0.2, 0.25) is 0 Å². The van der Waals surface area contributed by atoms with Gasteiger partial charge in [-0.3, -0.25) is 10.2 Å². The number of anilines is 1. The number of aryl methyl sites for hydroxylation is 1. The van der Waals surface area contributed by atoms with Gasteiger partial charge < -0.3 is 10.4 Å². The monoisotopic (exact) mass is 325 g/mol. The zero-order chi connectivity index (χ0) is 16.0. The van der Waals surface area contributed by atoms with Crippen LogP contribution in [-0.2, 0) is 16.1 Å². The second-order valence-corrected chi connectivity index (χ2v) is 6.72. The van der Waals surface area contributed by atoms with Crippen molar-refractivity contribution in [2.24, 2.45) is 5.10 Å². The molecule has 0 fully saturated rings. The second kappa shape index (κ2) is 5.03. The average molecular weight is 325 g/mol. The summed E-state index contributed by atoms with van der Waals surface area (Å²) in [6, 6.07) is 13.0. The first-order valence-corrected chi connectivity index (χ1v) is 8.23. The van der Waals surface area contributed by atoms with Gasteiger partial charge in [-0.1, -0.05) is 36.9 Å². The van der Waals surface area contributed by atoms with Gasteiger partial charge in [0.25, 0.3) is 5.91 Å². The number of amides is 1. The van der Waals surface area contributed by atoms with Gasteiger partial charge in [-0.2, -0.15) is 5.10 Å². The predicted molar refractivity (Wildman–Crippen MR) is 91.5 cm³/mol. The summed E-state index contributed by atoms with van der Waals surface area (Å²) in [6.07, 6.45) is 0.898. The quantitative estimate of drug-likeness (QED) is 0.794. The van der Waals surface area contributed by atoms with Gasteiger partial charge in [0.1, 0.15) is 10.8 Å². The summed E-state index contributed by atoms with van der Waals surface area (Å²) in [6.45, 7) is 2.08. The molecule has 1 atom stereocenters. The van der Waals surface area contributed by atoms with E-state index >= 15 is 0 Å². The predicted octanol–water partition coefficient (Wildman–Crippen LogP) is 2.76. The summed E-state index contributed by atoms with van der Waals surface area (Å²) in [5.41, 5.74) is 6.47. The molecule has 0 radical (unpaired) electrons. The minimum atomic E-state index is -0.960. The van der Waals surface area contributed by atoms with E-state index in [0.717, 1.165) is 23.2 Å². The minimum absolute atomic E-state index is 0.139. The molecular formula is C17H15N3O2S. The van der Waals surface area contributed by atoms with Gasteiger partial charge in [0.15, 0.2) is 0 Å². The Hall–Kier alpha value is -2.47. The van der Waals surface area contributed by atoms with Crippen LogP contribution < -0.4 is 10.7 Å². The Morgan fingerprint density at radius 1 is 1.26 bits per heavy atom. The number of rotatable bonds is 2. The Balaban J connectivity index is 1.75. The fourth-order valence-corrected chi connectivity index (χ4v) is 4.02. The zero-order valence-electron chi connectivity index (χ0n) is 12.5. The molecule has 1 spiro atoms. The van der Waals surface area contributed by atoms with E-state index < -0.39 is 4.87 Å². The molecule has 0 aliphatic carbocycles. The van der Waals surface area contributed by atoms with Gasteiger partial charge in [0.05, 0.1) is 5.56 Å². The number of hydrogen-bond donors (Lipinski definition) is 3. The molecule has 0 bridgehead atoms. The molecule has 2 heterocycles. The van der Waals surface area contributed by atoms with Gasteiger partial charge in [-0.25, -0.2) is 0 Å². The first-order chi connectivity index (χ1) is 11.1. The van der Waals surface area contributed by atoms with Crippen LogP contribution in [0.1, 0.15) is 23.6 Å². The van der Waals surface area contributed by atoms with Crippen molar-refractivity contribution in [3.8, 4) is 5.75 Å². The number of carbonyl (C=O) groups excluding carboxylic acids is 1. The molecule has 5 nitrogen and oxygen atoms in total. The number of nitrogens with one attached hydrogen (secondary N) is 2. The van der Waals surface area contributed by atoms with E-state index in [9.17, 15) is 9.90 Å². The highest BCUT2D eigenvalue weighted by Gasteiger charge is 2.52. The van der Waals surface area contributed by atoms with Crippen LogP contribution >= 0.6 is 11.8 Å². The topological polar surface area (TPSA) is 73.7 Å². The molecule has 2 aromatic carbocycles. The van der Waals surface area contributed by atoms with E-state index in [1.54, 1.807) is 18.2 Å². The Bertz CT molecular complexity index is 849. The SMILES string of the molecule is CCc1ccc2c(c1)[C@]1(NN=C(c3ccccc3O)S1)C(=O)N2. The van der Waals surface area contributed by atoms with Crippen molar-refractivity contribution in [2.45, 2.75) is 18.2 Å². The summed E-state index contributed by atoms with van der Waals surface area (Å²) in [5, 5.41) is 17.9. The molecular weight excluding hydrogens is 310 g/mol. The Morgan fingerprint density at radius 3 is 2.87 bits per heavy atom. The van der Waals surface area contributed by atoms with Crippen LogP contribution in [0, 0.1) is 0 Å². The van der Waals surface area contributed by atoms with E-state index in [1.165, 1.54) is 11.8 Å². The number of phenolic OH excluding ortho intramolecular Hbond substituents is 1. The van der Waals surface area contributed by atoms with Crippen molar-refractivity contribution in [3.05, 3.63) is 59.2 Å². The number of thioether (sulfide) groups is 1. The van der Waals surface area contributed by atoms with Crippen LogP contribution in [0.4, 0.5) is 5.69 Å². The number of para-hydroxylation sites is 1. The van der Waals surface area contributed by atoms with Crippen molar-refractivity contribution in [1.82, 2.24) is 5.43 Å². The Labute approximate surface area is 137 Å². The third-order valence-corrected chi connectivity index (χ3v) is 5.45. The van der Waals surface area contributed by atoms with Crippen molar-refractivity contribution in [2.75, 3.05) is 5.32 Å². The van der Waals surface area contributed by atoms with Crippen molar-refractivity contribution in [3.63, 3.8) is 0 Å². The summed E-state index contributed by atoms with van der Waals surface area (Å²) in [7, 11) is 0. The van der Waals surface area contributed by atoms with Crippen molar-refractivity contribution < 1.29 is 9.90 Å². The van der Waals surface area contributed by atoms with E-state index in [4.69, 9.17) is 0 Å². The maximum Gasteiger partial charge on any atom is 0.267 e. The number of phenols is 1. The number of hydrazone groups is 1. The first kappa shape index (κ1) is 14.1. The molecule has 0 saturated heterocycles. The number of benzene rings is 2. The highest BCUT2D eigenvalue weighted by molar-refractivity contribution is 8.16. The van der Waals surface area contributed by atoms with E-state index in [2.05, 4.69) is 22.8 Å². The molecule has 2 aliphatic rings. The smallest absolute Gasteiger partial charge is 0.267 e. The number of nitrogens with zero attached hydrogens (tertiary/aromatic N) is 1. The summed E-state index contributed by atoms with van der Waals surface area (Å²) in [5.74, 6) is 0.0125. The standard InChI is InChI=1S/C17H15N3O2S/c1-2-10-7-8-13-12(9-10)17(16(22)18-13)20-19-15(23-17)11-5-3-4-6-14(11)21/h3-9,20-21H,2H2,1H3,(H,18,22)/t17-/m1/s1. The highest BCUT2D eigenvalue weighted by Crippen LogP contribution is 2.48. The van der Waals surface area contributed by atoms with Gasteiger partial charge in [0.2, 0.25) is 4.87 Å². The van der Waals surface area contributed by atoms with E-state index in [-0.39, 0.29) is 11.7 Å². The minimum Gasteiger partial charge on any atom is -0.507 e. The third-order valence-electron chi connectivity index (χ3n) is 4.14. The lowest BCUT2D eigenvalue weighted by Crippen LogP contribution is -2.39. The van der Waals surface area contributed by atoms with Crippen LogP contribution in [0.25, 0.3) is 0 Å². The van der Waals surface area contributed by atoms with Gasteiger partial charge in [-0.15, -0.1) is 0 Å². The lowest BCUT2D eigenvalue weighted by molar-refractivity contribution is -0.118. The summed E-state index contributed by atoms with van der Waals surface area (Å²) < 4.78 is 0. The number of fused-ring (bicyclic) bond motifs is 2. The average Bonchev–Trinajstić information content (AvgIpc) is 3.12. The Morgan fingerprint density at radius 2 is 2.09 bits per heavy atom. The van der Waals surface area contributed by atoms with Crippen LogP contribution in [0.3, 0.4) is 0 Å². The third kappa shape index (κ3) is 2.02. The maximum atomic E-state index is 12.6. The lowest BCUT2D eigenvalue weighted by atomic mass is 10.0. The molecule has 116 valence electrons. The molecule has 6 heteroatoms. The van der Waals surface area contributed by atoms with Crippen LogP contribution in [0.5, 0.6) is 5.75 Å². The lowest BCUT2D eigenvalue weighted by Gasteiger charge is -2.20. The number of hydrogen-bond acceptors (Lipinski definition) is 5.